The van der Waals surface area contributed by atoms with Gasteiger partial charge in [-0.1, -0.05) is 0 Å². The molecule has 1 saturated heterocycles. The lowest BCUT2D eigenvalue weighted by molar-refractivity contribution is 0.131. The van der Waals surface area contributed by atoms with Gasteiger partial charge in [0.15, 0.2) is 5.96 Å². The first kappa shape index (κ1) is 18.8. The van der Waals surface area contributed by atoms with Crippen molar-refractivity contribution < 1.29 is 9.47 Å². The number of hydrogen-bond donors (Lipinski definition) is 1. The molecule has 2 aliphatic rings. The lowest BCUT2D eigenvalue weighted by Gasteiger charge is -2.37. The molecule has 0 bridgehead atoms. The summed E-state index contributed by atoms with van der Waals surface area (Å²) in [6.45, 7) is 9.30. The van der Waals surface area contributed by atoms with E-state index in [1.165, 1.54) is 18.5 Å². The fourth-order valence-corrected chi connectivity index (χ4v) is 3.15. The summed E-state index contributed by atoms with van der Waals surface area (Å²) in [7, 11) is 1.70. The topological polar surface area (TPSA) is 49.3 Å². The molecule has 1 aromatic rings. The maximum atomic E-state index is 5.70. The van der Waals surface area contributed by atoms with Crippen molar-refractivity contribution in [1.29, 1.82) is 0 Å². The molecule has 1 saturated carbocycles. The van der Waals surface area contributed by atoms with Gasteiger partial charge in [0.25, 0.3) is 0 Å². The Morgan fingerprint density at radius 2 is 1.88 bits per heavy atom. The number of ether oxygens (including phenoxy) is 2. The molecule has 0 unspecified atom stereocenters. The van der Waals surface area contributed by atoms with E-state index in [0.717, 1.165) is 70.1 Å². The SMILES string of the molecule is CCNC(=NCCOCC1CC1)N1CCN(c2ccc(OC)cc2)CC1. The van der Waals surface area contributed by atoms with Crippen molar-refractivity contribution in [2.75, 3.05) is 64.5 Å². The zero-order valence-electron chi connectivity index (χ0n) is 16.1. The first-order valence-electron chi connectivity index (χ1n) is 9.80. The van der Waals surface area contributed by atoms with Crippen LogP contribution in [-0.4, -0.2) is 70.5 Å². The molecule has 1 heterocycles. The Hall–Kier alpha value is -1.95. The molecular formula is C20H32N4O2. The minimum atomic E-state index is 0.719. The number of methoxy groups -OCH3 is 1. The summed E-state index contributed by atoms with van der Waals surface area (Å²) in [5.74, 6) is 2.73. The van der Waals surface area contributed by atoms with Crippen LogP contribution in [0.2, 0.25) is 0 Å². The van der Waals surface area contributed by atoms with E-state index in [4.69, 9.17) is 14.5 Å². The molecule has 0 radical (unpaired) electrons. The molecule has 0 amide bonds. The molecule has 6 heteroatoms. The van der Waals surface area contributed by atoms with Crippen LogP contribution < -0.4 is 15.0 Å². The Morgan fingerprint density at radius 3 is 2.50 bits per heavy atom. The number of piperazine rings is 1. The van der Waals surface area contributed by atoms with E-state index in [2.05, 4.69) is 34.2 Å². The first-order chi connectivity index (χ1) is 12.8. The van der Waals surface area contributed by atoms with Crippen molar-refractivity contribution in [3.05, 3.63) is 24.3 Å². The number of nitrogens with one attached hydrogen (secondary N) is 1. The smallest absolute Gasteiger partial charge is 0.194 e. The standard InChI is InChI=1S/C20H32N4O2/c1-3-21-20(22-10-15-26-16-17-4-5-17)24-13-11-23(12-14-24)18-6-8-19(25-2)9-7-18/h6-9,17H,3-5,10-16H2,1-2H3,(H,21,22). The Balaban J connectivity index is 1.46. The third kappa shape index (κ3) is 5.53. The van der Waals surface area contributed by atoms with Gasteiger partial charge in [-0.3, -0.25) is 4.99 Å². The molecule has 1 N–H and O–H groups in total. The van der Waals surface area contributed by atoms with E-state index in [0.29, 0.717) is 0 Å². The van der Waals surface area contributed by atoms with Gasteiger partial charge in [-0.2, -0.15) is 0 Å². The van der Waals surface area contributed by atoms with Gasteiger partial charge < -0.3 is 24.6 Å². The van der Waals surface area contributed by atoms with Crippen LogP contribution in [0.5, 0.6) is 5.75 Å². The van der Waals surface area contributed by atoms with Gasteiger partial charge in [0.1, 0.15) is 5.75 Å². The zero-order valence-corrected chi connectivity index (χ0v) is 16.1. The molecule has 144 valence electrons. The van der Waals surface area contributed by atoms with Crippen molar-refractivity contribution >= 4 is 11.6 Å². The number of anilines is 1. The molecule has 26 heavy (non-hydrogen) atoms. The summed E-state index contributed by atoms with van der Waals surface area (Å²) < 4.78 is 10.9. The largest absolute Gasteiger partial charge is 0.497 e. The molecule has 1 aromatic carbocycles. The van der Waals surface area contributed by atoms with Gasteiger partial charge in [0.05, 0.1) is 20.3 Å². The van der Waals surface area contributed by atoms with Gasteiger partial charge >= 0.3 is 0 Å². The molecule has 1 aliphatic heterocycles. The van der Waals surface area contributed by atoms with Crippen molar-refractivity contribution in [2.24, 2.45) is 10.9 Å². The Bertz CT molecular complexity index is 564. The van der Waals surface area contributed by atoms with E-state index >= 15 is 0 Å². The fraction of sp³-hybridized carbons (Fsp3) is 0.650. The van der Waals surface area contributed by atoms with Crippen LogP contribution >= 0.6 is 0 Å². The lowest BCUT2D eigenvalue weighted by Crippen LogP contribution is -2.52. The number of aliphatic imine (C=N–C) groups is 1. The number of benzene rings is 1. The molecule has 2 fully saturated rings. The van der Waals surface area contributed by atoms with E-state index in [1.807, 2.05) is 12.1 Å². The first-order valence-corrected chi connectivity index (χ1v) is 9.80. The zero-order chi connectivity index (χ0) is 18.2. The minimum Gasteiger partial charge on any atom is -0.497 e. The minimum absolute atomic E-state index is 0.719. The quantitative estimate of drug-likeness (QED) is 0.438. The molecule has 3 rings (SSSR count). The van der Waals surface area contributed by atoms with Gasteiger partial charge in [-0.05, 0) is 49.9 Å². The highest BCUT2D eigenvalue weighted by Crippen LogP contribution is 2.28. The number of hydrogen-bond acceptors (Lipinski definition) is 4. The highest BCUT2D eigenvalue weighted by atomic mass is 16.5. The van der Waals surface area contributed by atoms with Crippen LogP contribution in [0.15, 0.2) is 29.3 Å². The van der Waals surface area contributed by atoms with Crippen LogP contribution in [0.1, 0.15) is 19.8 Å². The van der Waals surface area contributed by atoms with Crippen LogP contribution in [0.25, 0.3) is 0 Å². The average molecular weight is 361 g/mol. The van der Waals surface area contributed by atoms with Gasteiger partial charge in [-0.25, -0.2) is 0 Å². The molecule has 0 aromatic heterocycles. The highest BCUT2D eigenvalue weighted by molar-refractivity contribution is 5.80. The molecule has 0 spiro atoms. The third-order valence-corrected chi connectivity index (χ3v) is 4.90. The summed E-state index contributed by atoms with van der Waals surface area (Å²) >= 11 is 0. The van der Waals surface area contributed by atoms with Crippen molar-refractivity contribution in [2.45, 2.75) is 19.8 Å². The van der Waals surface area contributed by atoms with Crippen molar-refractivity contribution in [3.8, 4) is 5.75 Å². The predicted octanol–water partition coefficient (Wildman–Crippen LogP) is 2.21. The van der Waals surface area contributed by atoms with Gasteiger partial charge in [-0.15, -0.1) is 0 Å². The summed E-state index contributed by atoms with van der Waals surface area (Å²) in [5, 5.41) is 3.42. The van der Waals surface area contributed by atoms with E-state index in [1.54, 1.807) is 7.11 Å². The molecule has 0 atom stereocenters. The summed E-state index contributed by atoms with van der Waals surface area (Å²) in [6, 6.07) is 8.31. The second-order valence-corrected chi connectivity index (χ2v) is 6.93. The molecular weight excluding hydrogens is 328 g/mol. The molecule has 1 aliphatic carbocycles. The van der Waals surface area contributed by atoms with Crippen LogP contribution in [-0.2, 0) is 4.74 Å². The summed E-state index contributed by atoms with van der Waals surface area (Å²) in [6.07, 6.45) is 2.68. The normalized spacial score (nSPS) is 18.2. The summed E-state index contributed by atoms with van der Waals surface area (Å²) in [5.41, 5.74) is 1.25. The fourth-order valence-electron chi connectivity index (χ4n) is 3.15. The highest BCUT2D eigenvalue weighted by Gasteiger charge is 2.21. The molecule has 6 nitrogen and oxygen atoms in total. The number of guanidine groups is 1. The monoisotopic (exact) mass is 360 g/mol. The van der Waals surface area contributed by atoms with Crippen LogP contribution in [0, 0.1) is 5.92 Å². The van der Waals surface area contributed by atoms with E-state index in [-0.39, 0.29) is 0 Å². The van der Waals surface area contributed by atoms with Crippen LogP contribution in [0.3, 0.4) is 0 Å². The van der Waals surface area contributed by atoms with Gasteiger partial charge in [0.2, 0.25) is 0 Å². The second-order valence-electron chi connectivity index (χ2n) is 6.93. The van der Waals surface area contributed by atoms with Crippen molar-refractivity contribution in [1.82, 2.24) is 10.2 Å². The lowest BCUT2D eigenvalue weighted by atomic mass is 10.2. The Kier molecular flexibility index (Phi) is 7.00. The maximum absolute atomic E-state index is 5.70. The Labute approximate surface area is 157 Å². The third-order valence-electron chi connectivity index (χ3n) is 4.90. The number of rotatable bonds is 8. The summed E-state index contributed by atoms with van der Waals surface area (Å²) in [4.78, 5) is 9.51. The van der Waals surface area contributed by atoms with E-state index in [9.17, 15) is 0 Å². The Morgan fingerprint density at radius 1 is 1.15 bits per heavy atom. The number of nitrogens with zero attached hydrogens (tertiary/aromatic N) is 3. The van der Waals surface area contributed by atoms with Crippen molar-refractivity contribution in [3.63, 3.8) is 0 Å². The van der Waals surface area contributed by atoms with Crippen LogP contribution in [0.4, 0.5) is 5.69 Å². The second kappa shape index (κ2) is 9.67. The van der Waals surface area contributed by atoms with E-state index < -0.39 is 0 Å². The maximum Gasteiger partial charge on any atom is 0.194 e. The van der Waals surface area contributed by atoms with Gasteiger partial charge in [0, 0.05) is 45.0 Å². The average Bonchev–Trinajstić information content (AvgIpc) is 3.51. The predicted molar refractivity (Wildman–Crippen MR) is 106 cm³/mol.